The number of thiazole rings is 1. The first-order valence-corrected chi connectivity index (χ1v) is 12.2. The highest BCUT2D eigenvalue weighted by Gasteiger charge is 2.24. The van der Waals surface area contributed by atoms with Crippen molar-refractivity contribution in [3.63, 3.8) is 0 Å². The third-order valence-corrected chi connectivity index (χ3v) is 7.33. The summed E-state index contributed by atoms with van der Waals surface area (Å²) in [5, 5.41) is 5.52. The third kappa shape index (κ3) is 5.17. The second-order valence-corrected chi connectivity index (χ2v) is 9.42. The van der Waals surface area contributed by atoms with Gasteiger partial charge in [-0.3, -0.25) is 14.8 Å². The average molecular weight is 464 g/mol. The predicted octanol–water partition coefficient (Wildman–Crippen LogP) is 4.51. The van der Waals surface area contributed by atoms with E-state index in [2.05, 4.69) is 38.4 Å². The number of likely N-dealkylation sites (tertiary alicyclic amines) is 1. The average Bonchev–Trinajstić information content (AvgIpc) is 3.50. The normalized spacial score (nSPS) is 16.5. The van der Waals surface area contributed by atoms with Gasteiger partial charge in [0.15, 0.2) is 0 Å². The minimum Gasteiger partial charge on any atom is -0.345 e. The van der Waals surface area contributed by atoms with Crippen molar-refractivity contribution >= 4 is 28.6 Å². The van der Waals surface area contributed by atoms with E-state index in [0.717, 1.165) is 56.0 Å². The molecular weight excluding hydrogens is 437 g/mol. The van der Waals surface area contributed by atoms with Crippen LogP contribution in [0.2, 0.25) is 0 Å². The van der Waals surface area contributed by atoms with Gasteiger partial charge in [0, 0.05) is 36.2 Å². The van der Waals surface area contributed by atoms with Gasteiger partial charge in [0.1, 0.15) is 11.5 Å². The molecule has 5 rings (SSSR count). The number of pyridine rings is 1. The zero-order valence-corrected chi connectivity index (χ0v) is 19.2. The number of aliphatic imine (C=N–C) groups is 1. The summed E-state index contributed by atoms with van der Waals surface area (Å²) < 4.78 is 13.7. The molecule has 1 amide bonds. The number of aromatic nitrogens is 2. The van der Waals surface area contributed by atoms with Crippen molar-refractivity contribution in [1.82, 2.24) is 20.2 Å². The summed E-state index contributed by atoms with van der Waals surface area (Å²) in [4.78, 5) is 28.3. The lowest BCUT2D eigenvalue weighted by Gasteiger charge is -2.31. The van der Waals surface area contributed by atoms with Crippen LogP contribution in [0.3, 0.4) is 0 Å². The lowest BCUT2D eigenvalue weighted by atomic mass is 9.97. The Morgan fingerprint density at radius 2 is 2.03 bits per heavy atom. The number of nitrogens with one attached hydrogen (secondary N) is 1. The van der Waals surface area contributed by atoms with Crippen LogP contribution in [0.15, 0.2) is 53.0 Å². The molecule has 1 aromatic carbocycles. The van der Waals surface area contributed by atoms with Crippen molar-refractivity contribution in [2.24, 2.45) is 4.99 Å². The molecule has 8 heteroatoms. The Kier molecular flexibility index (Phi) is 6.55. The summed E-state index contributed by atoms with van der Waals surface area (Å²) in [7, 11) is 0. The second kappa shape index (κ2) is 9.89. The number of halogens is 1. The van der Waals surface area contributed by atoms with Crippen LogP contribution in [0.5, 0.6) is 0 Å². The fourth-order valence-corrected chi connectivity index (χ4v) is 5.39. The van der Waals surface area contributed by atoms with Gasteiger partial charge in [0.25, 0.3) is 5.91 Å². The molecule has 33 heavy (non-hydrogen) atoms. The van der Waals surface area contributed by atoms with E-state index in [0.29, 0.717) is 11.6 Å². The quantitative estimate of drug-likeness (QED) is 0.560. The second-order valence-electron chi connectivity index (χ2n) is 8.54. The summed E-state index contributed by atoms with van der Waals surface area (Å²) in [6.45, 7) is 3.15. The van der Waals surface area contributed by atoms with Crippen molar-refractivity contribution in [2.75, 3.05) is 19.6 Å². The molecule has 0 unspecified atom stereocenters. The molecule has 3 aromatic rings. The number of benzene rings is 1. The first-order chi connectivity index (χ1) is 16.2. The molecule has 0 aliphatic carbocycles. The maximum atomic E-state index is 13.7. The Hall–Kier alpha value is -2.97. The van der Waals surface area contributed by atoms with Crippen LogP contribution in [-0.4, -0.2) is 46.1 Å². The van der Waals surface area contributed by atoms with Gasteiger partial charge in [-0.05, 0) is 56.1 Å². The molecule has 0 saturated carbocycles. The molecule has 0 radical (unpaired) electrons. The predicted molar refractivity (Wildman–Crippen MR) is 128 cm³/mol. The number of para-hydroxylation sites is 1. The summed E-state index contributed by atoms with van der Waals surface area (Å²) >= 11 is 1.54. The maximum absolute atomic E-state index is 13.7. The Labute approximate surface area is 196 Å². The fraction of sp³-hybridized carbons (Fsp3) is 0.360. The Bertz CT molecular complexity index is 1170. The van der Waals surface area contributed by atoms with E-state index in [9.17, 15) is 9.18 Å². The largest absolute Gasteiger partial charge is 0.345 e. The molecule has 2 aromatic heterocycles. The molecule has 170 valence electrons. The molecule has 0 atom stereocenters. The number of carbonyl (C=O) groups is 1. The van der Waals surface area contributed by atoms with E-state index >= 15 is 0 Å². The van der Waals surface area contributed by atoms with Crippen LogP contribution in [0, 0.1) is 5.82 Å². The molecule has 1 fully saturated rings. The molecule has 2 aliphatic rings. The number of hydrogen-bond acceptors (Lipinski definition) is 6. The topological polar surface area (TPSA) is 70.5 Å². The number of fused-ring (bicyclic) bond motifs is 1. The highest BCUT2D eigenvalue weighted by atomic mass is 32.1. The van der Waals surface area contributed by atoms with Crippen LogP contribution in [0.1, 0.15) is 51.9 Å². The van der Waals surface area contributed by atoms with Gasteiger partial charge in [-0.1, -0.05) is 18.2 Å². The SMILES string of the molecule is O=C(NCc1ncccc1F)c1csc(C2CCN(CCC3=Nc4ccccc4C3)CC2)n1. The standard InChI is InChI=1S/C25H26FN5OS/c26-20-5-3-10-27-22(20)15-28-24(32)23-16-33-25(30-23)17-7-11-31(12-8-17)13-9-19-14-18-4-1-2-6-21(18)29-19/h1-6,10,16-17H,7-9,11-15H2,(H,28,32). The number of rotatable bonds is 7. The van der Waals surface area contributed by atoms with Crippen molar-refractivity contribution in [3.8, 4) is 0 Å². The lowest BCUT2D eigenvalue weighted by Crippen LogP contribution is -2.34. The Balaban J connectivity index is 1.08. The van der Waals surface area contributed by atoms with E-state index in [1.807, 2.05) is 6.07 Å². The van der Waals surface area contributed by atoms with E-state index in [1.165, 1.54) is 40.9 Å². The van der Waals surface area contributed by atoms with Gasteiger partial charge < -0.3 is 10.2 Å². The number of amides is 1. The number of carbonyl (C=O) groups excluding carboxylic acids is 1. The van der Waals surface area contributed by atoms with Crippen molar-refractivity contribution in [2.45, 2.75) is 38.1 Å². The maximum Gasteiger partial charge on any atom is 0.271 e. The summed E-state index contributed by atoms with van der Waals surface area (Å²) in [5.41, 5.74) is 4.35. The van der Waals surface area contributed by atoms with Crippen LogP contribution in [0.4, 0.5) is 10.1 Å². The van der Waals surface area contributed by atoms with E-state index in [4.69, 9.17) is 4.99 Å². The summed E-state index contributed by atoms with van der Waals surface area (Å²) in [6.07, 6.45) is 5.58. The van der Waals surface area contributed by atoms with Crippen molar-refractivity contribution in [3.05, 3.63) is 75.8 Å². The van der Waals surface area contributed by atoms with Crippen molar-refractivity contribution < 1.29 is 9.18 Å². The smallest absolute Gasteiger partial charge is 0.271 e. The first-order valence-electron chi connectivity index (χ1n) is 11.4. The van der Waals surface area contributed by atoms with E-state index < -0.39 is 5.82 Å². The minimum atomic E-state index is -0.423. The number of hydrogen-bond donors (Lipinski definition) is 1. The van der Waals surface area contributed by atoms with Crippen LogP contribution in [0.25, 0.3) is 0 Å². The monoisotopic (exact) mass is 463 g/mol. The Morgan fingerprint density at radius 3 is 2.85 bits per heavy atom. The Morgan fingerprint density at radius 1 is 1.18 bits per heavy atom. The molecule has 4 heterocycles. The van der Waals surface area contributed by atoms with E-state index in [-0.39, 0.29) is 18.1 Å². The lowest BCUT2D eigenvalue weighted by molar-refractivity contribution is 0.0945. The molecule has 1 saturated heterocycles. The molecule has 0 spiro atoms. The number of nitrogens with zero attached hydrogens (tertiary/aromatic N) is 4. The molecular formula is C25H26FN5OS. The third-order valence-electron chi connectivity index (χ3n) is 6.32. The first kappa shape index (κ1) is 21.9. The highest BCUT2D eigenvalue weighted by molar-refractivity contribution is 7.09. The van der Waals surface area contributed by atoms with Gasteiger partial charge in [0.05, 0.1) is 22.9 Å². The zero-order valence-electron chi connectivity index (χ0n) is 18.3. The van der Waals surface area contributed by atoms with Gasteiger partial charge in [-0.25, -0.2) is 9.37 Å². The summed E-state index contributed by atoms with van der Waals surface area (Å²) in [6, 6.07) is 11.2. The molecule has 6 nitrogen and oxygen atoms in total. The van der Waals surface area contributed by atoms with Gasteiger partial charge in [-0.15, -0.1) is 11.3 Å². The van der Waals surface area contributed by atoms with Gasteiger partial charge in [-0.2, -0.15) is 0 Å². The van der Waals surface area contributed by atoms with Crippen LogP contribution in [-0.2, 0) is 13.0 Å². The fourth-order valence-electron chi connectivity index (χ4n) is 4.42. The van der Waals surface area contributed by atoms with Gasteiger partial charge in [0.2, 0.25) is 0 Å². The highest BCUT2D eigenvalue weighted by Crippen LogP contribution is 2.31. The molecule has 2 aliphatic heterocycles. The summed E-state index contributed by atoms with van der Waals surface area (Å²) in [5.74, 6) is -0.333. The molecule has 1 N–H and O–H groups in total. The van der Waals surface area contributed by atoms with Gasteiger partial charge >= 0.3 is 0 Å². The zero-order chi connectivity index (χ0) is 22.6. The number of piperidine rings is 1. The molecule has 0 bridgehead atoms. The minimum absolute atomic E-state index is 0.0487. The van der Waals surface area contributed by atoms with Crippen LogP contribution < -0.4 is 5.32 Å². The van der Waals surface area contributed by atoms with Crippen molar-refractivity contribution in [1.29, 1.82) is 0 Å². The van der Waals surface area contributed by atoms with Crippen LogP contribution >= 0.6 is 11.3 Å². The van der Waals surface area contributed by atoms with E-state index in [1.54, 1.807) is 5.38 Å².